The average Bonchev–Trinajstić information content (AvgIpc) is 2.78. The summed E-state index contributed by atoms with van der Waals surface area (Å²) in [7, 11) is -3.85. The molecule has 4 nitrogen and oxygen atoms in total. The van der Waals surface area contributed by atoms with Crippen LogP contribution in [0.4, 0.5) is 8.78 Å². The van der Waals surface area contributed by atoms with Crippen LogP contribution in [0.1, 0.15) is 6.42 Å². The molecule has 8 heteroatoms. The van der Waals surface area contributed by atoms with Gasteiger partial charge in [0.25, 0.3) is 0 Å². The predicted octanol–water partition coefficient (Wildman–Crippen LogP) is 1.27. The summed E-state index contributed by atoms with van der Waals surface area (Å²) in [5.41, 5.74) is 0. The molecule has 1 aromatic carbocycles. The highest BCUT2D eigenvalue weighted by Gasteiger charge is 2.20. The van der Waals surface area contributed by atoms with Gasteiger partial charge in [-0.15, -0.1) is 12.4 Å². The van der Waals surface area contributed by atoms with Gasteiger partial charge in [0.2, 0.25) is 10.0 Å². The highest BCUT2D eigenvalue weighted by atomic mass is 35.5. The van der Waals surface area contributed by atoms with Crippen molar-refractivity contribution < 1.29 is 17.2 Å². The van der Waals surface area contributed by atoms with E-state index in [9.17, 15) is 17.2 Å². The zero-order valence-electron chi connectivity index (χ0n) is 10.0. The van der Waals surface area contributed by atoms with Crippen molar-refractivity contribution in [2.24, 2.45) is 5.92 Å². The lowest BCUT2D eigenvalue weighted by atomic mass is 10.1. The van der Waals surface area contributed by atoms with Gasteiger partial charge in [0, 0.05) is 12.6 Å². The zero-order valence-corrected chi connectivity index (χ0v) is 11.7. The number of benzene rings is 1. The molecule has 1 saturated heterocycles. The largest absolute Gasteiger partial charge is 0.316 e. The molecule has 0 amide bonds. The van der Waals surface area contributed by atoms with Gasteiger partial charge in [-0.25, -0.2) is 21.9 Å². The van der Waals surface area contributed by atoms with Gasteiger partial charge in [-0.1, -0.05) is 0 Å². The first-order chi connectivity index (χ1) is 8.47. The number of hydrogen-bond donors (Lipinski definition) is 2. The fourth-order valence-electron chi connectivity index (χ4n) is 1.88. The molecule has 1 aliphatic heterocycles. The smallest absolute Gasteiger partial charge is 0.240 e. The van der Waals surface area contributed by atoms with Gasteiger partial charge in [0.05, 0.1) is 4.90 Å². The average molecular weight is 313 g/mol. The van der Waals surface area contributed by atoms with Crippen LogP contribution in [0.3, 0.4) is 0 Å². The lowest BCUT2D eigenvalue weighted by Gasteiger charge is -2.10. The van der Waals surface area contributed by atoms with E-state index in [1.165, 1.54) is 0 Å². The standard InChI is InChI=1S/C11H14F2N2O2S.ClH/c12-9-3-10(13)5-11(4-9)18(16,17)15-7-8-1-2-14-6-8;/h3-5,8,14-15H,1-2,6-7H2;1H. The molecule has 0 saturated carbocycles. The van der Waals surface area contributed by atoms with Crippen molar-refractivity contribution in [3.63, 3.8) is 0 Å². The third kappa shape index (κ3) is 4.38. The SMILES string of the molecule is Cl.O=S(=O)(NCC1CCNC1)c1cc(F)cc(F)c1. The molecule has 2 N–H and O–H groups in total. The monoisotopic (exact) mass is 312 g/mol. The lowest BCUT2D eigenvalue weighted by Crippen LogP contribution is -2.30. The number of halogens is 3. The van der Waals surface area contributed by atoms with E-state index in [0.29, 0.717) is 6.07 Å². The van der Waals surface area contributed by atoms with Crippen molar-refractivity contribution in [3.8, 4) is 0 Å². The van der Waals surface area contributed by atoms with Crippen LogP contribution in [0.5, 0.6) is 0 Å². The Balaban J connectivity index is 0.00000180. The molecule has 1 unspecified atom stereocenters. The highest BCUT2D eigenvalue weighted by Crippen LogP contribution is 2.14. The molecule has 1 fully saturated rings. The predicted molar refractivity (Wildman–Crippen MR) is 69.8 cm³/mol. The van der Waals surface area contributed by atoms with Gasteiger partial charge in [0.15, 0.2) is 0 Å². The van der Waals surface area contributed by atoms with Gasteiger partial charge >= 0.3 is 0 Å². The Bertz CT molecular complexity index is 513. The van der Waals surface area contributed by atoms with Crippen molar-refractivity contribution in [1.29, 1.82) is 0 Å². The summed E-state index contributed by atoms with van der Waals surface area (Å²) in [6.07, 6.45) is 0.889. The summed E-state index contributed by atoms with van der Waals surface area (Å²) in [5, 5.41) is 3.11. The molecule has 1 heterocycles. The maximum absolute atomic E-state index is 13.0. The van der Waals surface area contributed by atoms with E-state index < -0.39 is 21.7 Å². The van der Waals surface area contributed by atoms with E-state index >= 15 is 0 Å². The van der Waals surface area contributed by atoms with Gasteiger partial charge < -0.3 is 5.32 Å². The van der Waals surface area contributed by atoms with Crippen molar-refractivity contribution >= 4 is 22.4 Å². The van der Waals surface area contributed by atoms with Crippen LogP contribution in [0, 0.1) is 17.6 Å². The Morgan fingerprint density at radius 2 is 1.89 bits per heavy atom. The molecular formula is C11H15ClF2N2O2S. The maximum Gasteiger partial charge on any atom is 0.240 e. The summed E-state index contributed by atoms with van der Waals surface area (Å²) in [5.74, 6) is -1.59. The molecule has 1 aliphatic rings. The normalized spacial score (nSPS) is 19.2. The maximum atomic E-state index is 13.0. The van der Waals surface area contributed by atoms with Gasteiger partial charge in [0.1, 0.15) is 11.6 Å². The third-order valence-electron chi connectivity index (χ3n) is 2.87. The second-order valence-electron chi connectivity index (χ2n) is 4.32. The molecule has 0 radical (unpaired) electrons. The molecule has 19 heavy (non-hydrogen) atoms. The zero-order chi connectivity index (χ0) is 13.2. The van der Waals surface area contributed by atoms with E-state index in [2.05, 4.69) is 10.0 Å². The molecule has 0 aromatic heterocycles. The molecule has 108 valence electrons. The first kappa shape index (κ1) is 16.3. The van der Waals surface area contributed by atoms with Crippen LogP contribution in [0.15, 0.2) is 23.1 Å². The van der Waals surface area contributed by atoms with Gasteiger partial charge in [-0.2, -0.15) is 0 Å². The Hall–Kier alpha value is -0.760. The minimum atomic E-state index is -3.85. The molecule has 0 spiro atoms. The Morgan fingerprint density at radius 1 is 1.26 bits per heavy atom. The van der Waals surface area contributed by atoms with Gasteiger partial charge in [-0.3, -0.25) is 0 Å². The number of sulfonamides is 1. The van der Waals surface area contributed by atoms with E-state index in [4.69, 9.17) is 0 Å². The first-order valence-corrected chi connectivity index (χ1v) is 7.12. The highest BCUT2D eigenvalue weighted by molar-refractivity contribution is 7.89. The molecule has 1 atom stereocenters. The van der Waals surface area contributed by atoms with E-state index in [1.807, 2.05) is 0 Å². The fraction of sp³-hybridized carbons (Fsp3) is 0.455. The number of hydrogen-bond acceptors (Lipinski definition) is 3. The molecule has 0 aliphatic carbocycles. The van der Waals surface area contributed by atoms with E-state index in [1.54, 1.807) is 0 Å². The molecule has 2 rings (SSSR count). The van der Waals surface area contributed by atoms with Crippen LogP contribution in [-0.2, 0) is 10.0 Å². The molecule has 0 bridgehead atoms. The minimum Gasteiger partial charge on any atom is -0.316 e. The summed E-state index contributed by atoms with van der Waals surface area (Å²) < 4.78 is 51.9. The van der Waals surface area contributed by atoms with Crippen LogP contribution < -0.4 is 10.0 Å². The third-order valence-corrected chi connectivity index (χ3v) is 4.27. The van der Waals surface area contributed by atoms with Crippen LogP contribution >= 0.6 is 12.4 Å². The summed E-state index contributed by atoms with van der Waals surface area (Å²) in [6, 6.07) is 2.25. The second kappa shape index (κ2) is 6.60. The Labute approximate surface area is 117 Å². The van der Waals surface area contributed by atoms with Gasteiger partial charge in [-0.05, 0) is 37.6 Å². The van der Waals surface area contributed by atoms with Crippen LogP contribution in [0.25, 0.3) is 0 Å². The quantitative estimate of drug-likeness (QED) is 0.880. The second-order valence-corrected chi connectivity index (χ2v) is 6.08. The van der Waals surface area contributed by atoms with Crippen molar-refractivity contribution in [2.45, 2.75) is 11.3 Å². The van der Waals surface area contributed by atoms with Crippen LogP contribution in [-0.4, -0.2) is 28.1 Å². The topological polar surface area (TPSA) is 58.2 Å². The Morgan fingerprint density at radius 3 is 2.42 bits per heavy atom. The minimum absolute atomic E-state index is 0. The Kier molecular flexibility index (Phi) is 5.66. The first-order valence-electron chi connectivity index (χ1n) is 5.64. The molecular weight excluding hydrogens is 298 g/mol. The van der Waals surface area contributed by atoms with Crippen molar-refractivity contribution in [1.82, 2.24) is 10.0 Å². The molecule has 1 aromatic rings. The number of rotatable bonds is 4. The summed E-state index contributed by atoms with van der Waals surface area (Å²) in [4.78, 5) is -0.383. The van der Waals surface area contributed by atoms with E-state index in [0.717, 1.165) is 31.6 Å². The van der Waals surface area contributed by atoms with Crippen molar-refractivity contribution in [3.05, 3.63) is 29.8 Å². The van der Waals surface area contributed by atoms with E-state index in [-0.39, 0.29) is 29.8 Å². The number of nitrogens with one attached hydrogen (secondary N) is 2. The van der Waals surface area contributed by atoms with Crippen LogP contribution in [0.2, 0.25) is 0 Å². The summed E-state index contributed by atoms with van der Waals surface area (Å²) in [6.45, 7) is 1.88. The lowest BCUT2D eigenvalue weighted by molar-refractivity contribution is 0.534. The fourth-order valence-corrected chi connectivity index (χ4v) is 3.04. The van der Waals surface area contributed by atoms with Crippen molar-refractivity contribution in [2.75, 3.05) is 19.6 Å². The summed E-state index contributed by atoms with van der Waals surface area (Å²) >= 11 is 0.